The summed E-state index contributed by atoms with van der Waals surface area (Å²) in [5.41, 5.74) is 8.34. The van der Waals surface area contributed by atoms with Crippen molar-refractivity contribution >= 4 is 17.3 Å². The van der Waals surface area contributed by atoms with E-state index < -0.39 is 0 Å². The van der Waals surface area contributed by atoms with Gasteiger partial charge < -0.3 is 15.8 Å². The number of amides is 1. The predicted molar refractivity (Wildman–Crippen MR) is 85.4 cm³/mol. The van der Waals surface area contributed by atoms with Gasteiger partial charge >= 0.3 is 0 Å². The lowest BCUT2D eigenvalue weighted by Gasteiger charge is -2.08. The molecule has 1 amide bonds. The van der Waals surface area contributed by atoms with Crippen molar-refractivity contribution in [2.24, 2.45) is 0 Å². The summed E-state index contributed by atoms with van der Waals surface area (Å²) in [7, 11) is 0. The molecular formula is C17H20N2O2. The third kappa shape index (κ3) is 4.84. The van der Waals surface area contributed by atoms with Gasteiger partial charge in [-0.05, 0) is 48.4 Å². The number of anilines is 2. The van der Waals surface area contributed by atoms with E-state index in [0.29, 0.717) is 24.5 Å². The monoisotopic (exact) mass is 284 g/mol. The van der Waals surface area contributed by atoms with E-state index in [0.717, 1.165) is 12.1 Å². The molecule has 0 fully saturated rings. The van der Waals surface area contributed by atoms with Gasteiger partial charge in [-0.15, -0.1) is 0 Å². The second-order valence-electron chi connectivity index (χ2n) is 4.77. The summed E-state index contributed by atoms with van der Waals surface area (Å²) in [4.78, 5) is 11.8. The highest BCUT2D eigenvalue weighted by Crippen LogP contribution is 2.14. The van der Waals surface area contributed by atoms with Gasteiger partial charge in [-0.3, -0.25) is 4.79 Å². The van der Waals surface area contributed by atoms with Gasteiger partial charge in [0, 0.05) is 11.4 Å². The number of nitrogen functional groups attached to an aromatic ring is 1. The van der Waals surface area contributed by atoms with E-state index in [1.54, 1.807) is 24.3 Å². The summed E-state index contributed by atoms with van der Waals surface area (Å²) in [6.07, 6.45) is 1.30. The Morgan fingerprint density at radius 3 is 2.38 bits per heavy atom. The molecule has 2 aromatic carbocycles. The Morgan fingerprint density at radius 1 is 1.10 bits per heavy atom. The maximum atomic E-state index is 11.8. The third-order valence-corrected chi connectivity index (χ3v) is 3.12. The van der Waals surface area contributed by atoms with E-state index in [4.69, 9.17) is 10.5 Å². The van der Waals surface area contributed by atoms with E-state index in [2.05, 4.69) is 12.2 Å². The van der Waals surface area contributed by atoms with Crippen LogP contribution < -0.4 is 15.8 Å². The largest absolute Gasteiger partial charge is 0.493 e. The SMILES string of the molecule is CCc1ccc(NC(=O)CCOc2ccc(N)cc2)cc1. The number of hydrogen-bond donors (Lipinski definition) is 2. The molecule has 0 bridgehead atoms. The number of ether oxygens (including phenoxy) is 1. The lowest BCUT2D eigenvalue weighted by molar-refractivity contribution is -0.116. The first-order chi connectivity index (χ1) is 10.2. The van der Waals surface area contributed by atoms with Crippen LogP contribution in [0.25, 0.3) is 0 Å². The van der Waals surface area contributed by atoms with Crippen LogP contribution in [0.15, 0.2) is 48.5 Å². The number of benzene rings is 2. The summed E-state index contributed by atoms with van der Waals surface area (Å²) in [5.74, 6) is 0.652. The van der Waals surface area contributed by atoms with Crippen molar-refractivity contribution in [1.29, 1.82) is 0 Å². The molecule has 2 aromatic rings. The highest BCUT2D eigenvalue weighted by atomic mass is 16.5. The minimum atomic E-state index is -0.0605. The molecule has 2 rings (SSSR count). The third-order valence-electron chi connectivity index (χ3n) is 3.12. The first kappa shape index (κ1) is 14.9. The van der Waals surface area contributed by atoms with Crippen molar-refractivity contribution in [3.05, 3.63) is 54.1 Å². The van der Waals surface area contributed by atoms with Crippen molar-refractivity contribution in [2.75, 3.05) is 17.7 Å². The fourth-order valence-electron chi connectivity index (χ4n) is 1.87. The Morgan fingerprint density at radius 2 is 1.76 bits per heavy atom. The first-order valence-corrected chi connectivity index (χ1v) is 7.04. The van der Waals surface area contributed by atoms with Gasteiger partial charge in [-0.25, -0.2) is 0 Å². The summed E-state index contributed by atoms with van der Waals surface area (Å²) >= 11 is 0. The smallest absolute Gasteiger partial charge is 0.227 e. The number of aryl methyl sites for hydroxylation is 1. The number of carbonyl (C=O) groups is 1. The van der Waals surface area contributed by atoms with Crippen molar-refractivity contribution in [1.82, 2.24) is 0 Å². The fraction of sp³-hybridized carbons (Fsp3) is 0.235. The zero-order chi connectivity index (χ0) is 15.1. The molecule has 0 aromatic heterocycles. The van der Waals surface area contributed by atoms with Crippen LogP contribution in [0.3, 0.4) is 0 Å². The van der Waals surface area contributed by atoms with Gasteiger partial charge in [0.05, 0.1) is 13.0 Å². The van der Waals surface area contributed by atoms with Gasteiger partial charge in [0.2, 0.25) is 5.91 Å². The van der Waals surface area contributed by atoms with Gasteiger partial charge in [0.25, 0.3) is 0 Å². The van der Waals surface area contributed by atoms with E-state index in [1.165, 1.54) is 5.56 Å². The van der Waals surface area contributed by atoms with Crippen LogP contribution in [-0.4, -0.2) is 12.5 Å². The van der Waals surface area contributed by atoms with Crippen LogP contribution in [0.4, 0.5) is 11.4 Å². The average molecular weight is 284 g/mol. The molecule has 0 aliphatic carbocycles. The van der Waals surface area contributed by atoms with Crippen molar-refractivity contribution in [2.45, 2.75) is 19.8 Å². The maximum absolute atomic E-state index is 11.8. The van der Waals surface area contributed by atoms with Crippen LogP contribution in [0, 0.1) is 0 Å². The standard InChI is InChI=1S/C17H20N2O2/c1-2-13-3-7-15(8-4-13)19-17(20)11-12-21-16-9-5-14(18)6-10-16/h3-10H,2,11-12,18H2,1H3,(H,19,20). The Labute approximate surface area is 124 Å². The highest BCUT2D eigenvalue weighted by Gasteiger charge is 2.03. The average Bonchev–Trinajstić information content (AvgIpc) is 2.50. The fourth-order valence-corrected chi connectivity index (χ4v) is 1.87. The zero-order valence-electron chi connectivity index (χ0n) is 12.1. The number of nitrogens with one attached hydrogen (secondary N) is 1. The quantitative estimate of drug-likeness (QED) is 0.800. The molecular weight excluding hydrogens is 264 g/mol. The molecule has 3 N–H and O–H groups in total. The van der Waals surface area contributed by atoms with Gasteiger partial charge in [0.15, 0.2) is 0 Å². The highest BCUT2D eigenvalue weighted by molar-refractivity contribution is 5.90. The normalized spacial score (nSPS) is 10.1. The molecule has 0 aliphatic rings. The lowest BCUT2D eigenvalue weighted by Crippen LogP contribution is -2.15. The van der Waals surface area contributed by atoms with Crippen LogP contribution in [0.2, 0.25) is 0 Å². The van der Waals surface area contributed by atoms with Gasteiger partial charge in [0.1, 0.15) is 5.75 Å². The van der Waals surface area contributed by atoms with Crippen molar-refractivity contribution < 1.29 is 9.53 Å². The number of nitrogens with two attached hydrogens (primary N) is 1. The van der Waals surface area contributed by atoms with E-state index in [9.17, 15) is 4.79 Å². The molecule has 0 saturated carbocycles. The van der Waals surface area contributed by atoms with Gasteiger partial charge in [-0.2, -0.15) is 0 Å². The molecule has 0 heterocycles. The Bertz CT molecular complexity index is 577. The maximum Gasteiger partial charge on any atom is 0.227 e. The Hall–Kier alpha value is -2.49. The second-order valence-corrected chi connectivity index (χ2v) is 4.77. The lowest BCUT2D eigenvalue weighted by atomic mass is 10.1. The molecule has 4 heteroatoms. The Kier molecular flexibility index (Phi) is 5.21. The molecule has 21 heavy (non-hydrogen) atoms. The van der Waals surface area contributed by atoms with Crippen LogP contribution in [-0.2, 0) is 11.2 Å². The Balaban J connectivity index is 1.75. The molecule has 0 spiro atoms. The van der Waals surface area contributed by atoms with Gasteiger partial charge in [-0.1, -0.05) is 19.1 Å². The number of rotatable bonds is 6. The molecule has 110 valence electrons. The van der Waals surface area contributed by atoms with E-state index in [-0.39, 0.29) is 5.91 Å². The number of carbonyl (C=O) groups excluding carboxylic acids is 1. The van der Waals surface area contributed by atoms with Crippen LogP contribution >= 0.6 is 0 Å². The van der Waals surface area contributed by atoms with Crippen molar-refractivity contribution in [3.63, 3.8) is 0 Å². The van der Waals surface area contributed by atoms with E-state index >= 15 is 0 Å². The molecule has 0 unspecified atom stereocenters. The molecule has 0 saturated heterocycles. The summed E-state index contributed by atoms with van der Waals surface area (Å²) in [6, 6.07) is 15.0. The molecule has 0 atom stereocenters. The minimum Gasteiger partial charge on any atom is -0.493 e. The van der Waals surface area contributed by atoms with Crippen molar-refractivity contribution in [3.8, 4) is 5.75 Å². The minimum absolute atomic E-state index is 0.0605. The second kappa shape index (κ2) is 7.33. The first-order valence-electron chi connectivity index (χ1n) is 7.04. The summed E-state index contributed by atoms with van der Waals surface area (Å²) in [6.45, 7) is 2.44. The number of hydrogen-bond acceptors (Lipinski definition) is 3. The molecule has 4 nitrogen and oxygen atoms in total. The van der Waals surface area contributed by atoms with Crippen LogP contribution in [0.1, 0.15) is 18.9 Å². The molecule has 0 aliphatic heterocycles. The zero-order valence-corrected chi connectivity index (χ0v) is 12.1. The topological polar surface area (TPSA) is 64.3 Å². The summed E-state index contributed by atoms with van der Waals surface area (Å²) < 4.78 is 5.49. The molecule has 0 radical (unpaired) electrons. The summed E-state index contributed by atoms with van der Waals surface area (Å²) in [5, 5.41) is 2.85. The van der Waals surface area contributed by atoms with Crippen LogP contribution in [0.5, 0.6) is 5.75 Å². The van der Waals surface area contributed by atoms with E-state index in [1.807, 2.05) is 24.3 Å². The predicted octanol–water partition coefficient (Wildman–Crippen LogP) is 3.24.